The van der Waals surface area contributed by atoms with E-state index in [9.17, 15) is 4.79 Å². The average molecular weight is 385 g/mol. The van der Waals surface area contributed by atoms with E-state index in [0.29, 0.717) is 23.6 Å². The van der Waals surface area contributed by atoms with Gasteiger partial charge in [-0.15, -0.1) is 10.2 Å². The Kier molecular flexibility index (Phi) is 5.81. The quantitative estimate of drug-likeness (QED) is 0.653. The second kappa shape index (κ2) is 8.26. The molecule has 8 heteroatoms. The van der Waals surface area contributed by atoms with Crippen molar-refractivity contribution in [2.24, 2.45) is 7.05 Å². The van der Waals surface area contributed by atoms with Crippen LogP contribution >= 0.6 is 11.6 Å². The number of rotatable bonds is 6. The largest absolute Gasteiger partial charge is 0.333 e. The molecule has 3 rings (SSSR count). The number of amides is 1. The summed E-state index contributed by atoms with van der Waals surface area (Å²) in [6.07, 6.45) is 5.76. The van der Waals surface area contributed by atoms with Gasteiger partial charge in [-0.25, -0.2) is 0 Å². The molecule has 2 aromatic heterocycles. The van der Waals surface area contributed by atoms with Crippen molar-refractivity contribution in [1.29, 1.82) is 0 Å². The molecular formula is C19H21ClN6O. The lowest BCUT2D eigenvalue weighted by Gasteiger charge is -2.28. The summed E-state index contributed by atoms with van der Waals surface area (Å²) in [7, 11) is 3.67. The number of benzene rings is 1. The van der Waals surface area contributed by atoms with Gasteiger partial charge in [0.1, 0.15) is 17.7 Å². The van der Waals surface area contributed by atoms with E-state index < -0.39 is 0 Å². The van der Waals surface area contributed by atoms with Crippen molar-refractivity contribution in [3.05, 3.63) is 70.8 Å². The van der Waals surface area contributed by atoms with Crippen LogP contribution in [0.4, 0.5) is 0 Å². The summed E-state index contributed by atoms with van der Waals surface area (Å²) in [6.45, 7) is 1.88. The van der Waals surface area contributed by atoms with Crippen molar-refractivity contribution in [3.8, 4) is 0 Å². The molecule has 1 atom stereocenters. The van der Waals surface area contributed by atoms with Crippen molar-refractivity contribution in [3.63, 3.8) is 0 Å². The normalized spacial score (nSPS) is 12.0. The fourth-order valence-corrected chi connectivity index (χ4v) is 3.02. The van der Waals surface area contributed by atoms with Crippen LogP contribution in [0.5, 0.6) is 0 Å². The highest BCUT2D eigenvalue weighted by atomic mass is 35.5. The molecule has 0 saturated heterocycles. The molecule has 2 heterocycles. The third-order valence-electron chi connectivity index (χ3n) is 4.57. The molecule has 1 unspecified atom stereocenters. The lowest BCUT2D eigenvalue weighted by Crippen LogP contribution is -2.32. The molecule has 7 nitrogen and oxygen atoms in total. The first-order valence-electron chi connectivity index (χ1n) is 8.59. The minimum Gasteiger partial charge on any atom is -0.333 e. The van der Waals surface area contributed by atoms with E-state index in [1.54, 1.807) is 42.7 Å². The van der Waals surface area contributed by atoms with E-state index in [-0.39, 0.29) is 11.9 Å². The molecule has 0 aliphatic rings. The van der Waals surface area contributed by atoms with Crippen LogP contribution in [-0.2, 0) is 18.3 Å². The molecule has 0 aliphatic heterocycles. The van der Waals surface area contributed by atoms with Gasteiger partial charge >= 0.3 is 0 Å². The molecule has 0 N–H and O–H groups in total. The minimum absolute atomic E-state index is 0.0127. The van der Waals surface area contributed by atoms with E-state index in [2.05, 4.69) is 20.2 Å². The first kappa shape index (κ1) is 19.0. The standard InChI is InChI=1S/C19H21ClN6O/c1-13-23-24-17(25(13)2)8-9-18(27)26(3)19(16-12-21-10-11-22-16)14-4-6-15(20)7-5-14/h4-7,10-12,19H,8-9H2,1-3H3. The summed E-state index contributed by atoms with van der Waals surface area (Å²) >= 11 is 6.02. The fraction of sp³-hybridized carbons (Fsp3) is 0.316. The molecule has 1 aromatic carbocycles. The molecule has 3 aromatic rings. The average Bonchev–Trinajstić information content (AvgIpc) is 3.00. The number of carbonyl (C=O) groups is 1. The van der Waals surface area contributed by atoms with E-state index in [1.807, 2.05) is 30.7 Å². The van der Waals surface area contributed by atoms with E-state index in [4.69, 9.17) is 11.6 Å². The Hall–Kier alpha value is -2.80. The maximum absolute atomic E-state index is 12.9. The van der Waals surface area contributed by atoms with Crippen LogP contribution < -0.4 is 0 Å². The monoisotopic (exact) mass is 384 g/mol. The zero-order valence-corrected chi connectivity index (χ0v) is 16.3. The number of hydrogen-bond acceptors (Lipinski definition) is 5. The second-order valence-electron chi connectivity index (χ2n) is 6.31. The smallest absolute Gasteiger partial charge is 0.223 e. The van der Waals surface area contributed by atoms with Crippen molar-refractivity contribution >= 4 is 17.5 Å². The van der Waals surface area contributed by atoms with Gasteiger partial charge in [-0.3, -0.25) is 14.8 Å². The van der Waals surface area contributed by atoms with Crippen LogP contribution in [0, 0.1) is 6.92 Å². The Labute approximate surface area is 163 Å². The molecule has 1 amide bonds. The van der Waals surface area contributed by atoms with Crippen molar-refractivity contribution in [2.75, 3.05) is 7.05 Å². The maximum atomic E-state index is 12.9. The highest BCUT2D eigenvalue weighted by Gasteiger charge is 2.25. The van der Waals surface area contributed by atoms with Gasteiger partial charge in [-0.05, 0) is 24.6 Å². The Balaban J connectivity index is 1.81. The number of aryl methyl sites for hydroxylation is 2. The summed E-state index contributed by atoms with van der Waals surface area (Å²) in [6, 6.07) is 7.07. The van der Waals surface area contributed by atoms with Crippen LogP contribution in [0.3, 0.4) is 0 Å². The van der Waals surface area contributed by atoms with Gasteiger partial charge < -0.3 is 9.47 Å². The molecular weight excluding hydrogens is 364 g/mol. The Bertz CT molecular complexity index is 910. The number of nitrogens with zero attached hydrogens (tertiary/aromatic N) is 6. The topological polar surface area (TPSA) is 76.8 Å². The summed E-state index contributed by atoms with van der Waals surface area (Å²) in [5, 5.41) is 8.80. The van der Waals surface area contributed by atoms with Crippen LogP contribution in [0.1, 0.15) is 35.4 Å². The predicted molar refractivity (Wildman–Crippen MR) is 102 cm³/mol. The lowest BCUT2D eigenvalue weighted by molar-refractivity contribution is -0.131. The lowest BCUT2D eigenvalue weighted by atomic mass is 10.0. The fourth-order valence-electron chi connectivity index (χ4n) is 2.90. The summed E-state index contributed by atoms with van der Waals surface area (Å²) in [5.74, 6) is 1.60. The van der Waals surface area contributed by atoms with Gasteiger partial charge in [0.25, 0.3) is 0 Å². The highest BCUT2D eigenvalue weighted by molar-refractivity contribution is 6.30. The van der Waals surface area contributed by atoms with Gasteiger partial charge in [0.15, 0.2) is 0 Å². The third-order valence-corrected chi connectivity index (χ3v) is 4.83. The zero-order chi connectivity index (χ0) is 19.4. The minimum atomic E-state index is -0.343. The number of hydrogen-bond donors (Lipinski definition) is 0. The summed E-state index contributed by atoms with van der Waals surface area (Å²) < 4.78 is 1.90. The SMILES string of the molecule is Cc1nnc(CCC(=O)N(C)C(c2ccc(Cl)cc2)c2cnccn2)n1C. The van der Waals surface area contributed by atoms with E-state index >= 15 is 0 Å². The molecule has 140 valence electrons. The molecule has 0 radical (unpaired) electrons. The third kappa shape index (κ3) is 4.31. The van der Waals surface area contributed by atoms with E-state index in [0.717, 1.165) is 17.2 Å². The second-order valence-corrected chi connectivity index (χ2v) is 6.75. The van der Waals surface area contributed by atoms with Crippen molar-refractivity contribution < 1.29 is 4.79 Å². The number of halogens is 1. The van der Waals surface area contributed by atoms with Gasteiger partial charge in [0.2, 0.25) is 5.91 Å². The molecule has 0 fully saturated rings. The van der Waals surface area contributed by atoms with Gasteiger partial charge in [0.05, 0.1) is 11.9 Å². The summed E-state index contributed by atoms with van der Waals surface area (Å²) in [4.78, 5) is 23.1. The van der Waals surface area contributed by atoms with Gasteiger partial charge in [-0.1, -0.05) is 23.7 Å². The highest BCUT2D eigenvalue weighted by Crippen LogP contribution is 2.27. The molecule has 0 saturated carbocycles. The van der Waals surface area contributed by atoms with Crippen LogP contribution in [0.2, 0.25) is 5.02 Å². The maximum Gasteiger partial charge on any atom is 0.223 e. The molecule has 0 bridgehead atoms. The van der Waals surface area contributed by atoms with Crippen LogP contribution in [0.15, 0.2) is 42.9 Å². The number of aromatic nitrogens is 5. The Morgan fingerprint density at radius 1 is 1.22 bits per heavy atom. The van der Waals surface area contributed by atoms with Crippen LogP contribution in [-0.4, -0.2) is 42.6 Å². The molecule has 0 aliphatic carbocycles. The zero-order valence-electron chi connectivity index (χ0n) is 15.5. The molecule has 27 heavy (non-hydrogen) atoms. The van der Waals surface area contributed by atoms with Crippen molar-refractivity contribution in [1.82, 2.24) is 29.6 Å². The first-order valence-corrected chi connectivity index (χ1v) is 8.97. The van der Waals surface area contributed by atoms with Gasteiger partial charge in [0, 0.05) is 44.4 Å². The number of carbonyl (C=O) groups excluding carboxylic acids is 1. The first-order chi connectivity index (χ1) is 13.0. The molecule has 0 spiro atoms. The van der Waals surface area contributed by atoms with Gasteiger partial charge in [-0.2, -0.15) is 0 Å². The Morgan fingerprint density at radius 3 is 2.56 bits per heavy atom. The van der Waals surface area contributed by atoms with Crippen LogP contribution in [0.25, 0.3) is 0 Å². The van der Waals surface area contributed by atoms with Crippen molar-refractivity contribution in [2.45, 2.75) is 25.8 Å². The summed E-state index contributed by atoms with van der Waals surface area (Å²) in [5.41, 5.74) is 1.62. The Morgan fingerprint density at radius 2 is 1.96 bits per heavy atom. The van der Waals surface area contributed by atoms with E-state index in [1.165, 1.54) is 0 Å². The predicted octanol–water partition coefficient (Wildman–Crippen LogP) is 2.75.